The Morgan fingerprint density at radius 2 is 1.80 bits per heavy atom. The van der Waals surface area contributed by atoms with Gasteiger partial charge >= 0.3 is 0 Å². The van der Waals surface area contributed by atoms with E-state index in [-0.39, 0.29) is 12.8 Å². The van der Waals surface area contributed by atoms with E-state index in [0.29, 0.717) is 12.1 Å². The van der Waals surface area contributed by atoms with Crippen molar-refractivity contribution in [3.8, 4) is 0 Å². The molecule has 0 spiro atoms. The normalized spacial score (nSPS) is 18.6. The van der Waals surface area contributed by atoms with Crippen molar-refractivity contribution >= 4 is 17.7 Å². The SMILES string of the molecule is O=C1CCC(NC(=O)c2cc(F)c(F)c(F)c2)C(=O)N1. The van der Waals surface area contributed by atoms with Gasteiger partial charge in [0.1, 0.15) is 6.04 Å². The van der Waals surface area contributed by atoms with Crippen LogP contribution < -0.4 is 10.6 Å². The molecule has 5 nitrogen and oxygen atoms in total. The van der Waals surface area contributed by atoms with E-state index >= 15 is 0 Å². The van der Waals surface area contributed by atoms with Gasteiger partial charge in [0.25, 0.3) is 5.91 Å². The van der Waals surface area contributed by atoms with Crippen LogP contribution in [0.1, 0.15) is 23.2 Å². The van der Waals surface area contributed by atoms with E-state index in [1.165, 1.54) is 0 Å². The molecule has 1 aliphatic heterocycles. The molecule has 1 aliphatic rings. The largest absolute Gasteiger partial charge is 0.340 e. The van der Waals surface area contributed by atoms with Gasteiger partial charge in [-0.25, -0.2) is 13.2 Å². The highest BCUT2D eigenvalue weighted by Crippen LogP contribution is 2.14. The molecule has 1 heterocycles. The third kappa shape index (κ3) is 2.79. The molecular weight excluding hydrogens is 277 g/mol. The summed E-state index contributed by atoms with van der Waals surface area (Å²) in [5.41, 5.74) is -0.453. The van der Waals surface area contributed by atoms with Crippen LogP contribution >= 0.6 is 0 Å². The smallest absolute Gasteiger partial charge is 0.252 e. The molecule has 0 radical (unpaired) electrons. The predicted molar refractivity (Wildman–Crippen MR) is 60.0 cm³/mol. The van der Waals surface area contributed by atoms with Crippen LogP contribution in [0.2, 0.25) is 0 Å². The highest BCUT2D eigenvalue weighted by Gasteiger charge is 2.28. The van der Waals surface area contributed by atoms with Crippen LogP contribution in [0.5, 0.6) is 0 Å². The fourth-order valence-electron chi connectivity index (χ4n) is 1.76. The van der Waals surface area contributed by atoms with Gasteiger partial charge in [-0.3, -0.25) is 19.7 Å². The second kappa shape index (κ2) is 5.32. The first kappa shape index (κ1) is 14.0. The maximum absolute atomic E-state index is 13.0. The third-order valence-corrected chi connectivity index (χ3v) is 2.79. The Balaban J connectivity index is 2.13. The lowest BCUT2D eigenvalue weighted by atomic mass is 10.1. The van der Waals surface area contributed by atoms with E-state index in [4.69, 9.17) is 0 Å². The Morgan fingerprint density at radius 3 is 2.35 bits per heavy atom. The number of imide groups is 1. The van der Waals surface area contributed by atoms with Gasteiger partial charge in [0.15, 0.2) is 17.5 Å². The summed E-state index contributed by atoms with van der Waals surface area (Å²) in [6.45, 7) is 0. The molecule has 2 rings (SSSR count). The lowest BCUT2D eigenvalue weighted by Crippen LogP contribution is -2.52. The zero-order chi connectivity index (χ0) is 14.9. The molecule has 1 fully saturated rings. The molecule has 106 valence electrons. The molecule has 3 amide bonds. The Morgan fingerprint density at radius 1 is 1.20 bits per heavy atom. The standard InChI is InChI=1S/C12H9F3N2O3/c13-6-3-5(4-7(14)10(6)15)11(19)16-8-1-2-9(18)17-12(8)20/h3-4,8H,1-2H2,(H,16,19)(H,17,18,20). The van der Waals surface area contributed by atoms with Crippen LogP contribution in [-0.4, -0.2) is 23.8 Å². The number of rotatable bonds is 2. The van der Waals surface area contributed by atoms with E-state index < -0.39 is 46.8 Å². The first-order valence-electron chi connectivity index (χ1n) is 5.67. The minimum absolute atomic E-state index is 0.0445. The molecule has 1 aromatic rings. The molecule has 1 saturated heterocycles. The number of amides is 3. The fourth-order valence-corrected chi connectivity index (χ4v) is 1.76. The van der Waals surface area contributed by atoms with Gasteiger partial charge in [0, 0.05) is 12.0 Å². The number of nitrogens with one attached hydrogen (secondary N) is 2. The zero-order valence-corrected chi connectivity index (χ0v) is 10.0. The molecule has 0 aromatic heterocycles. The van der Waals surface area contributed by atoms with Crippen molar-refractivity contribution in [2.24, 2.45) is 0 Å². The van der Waals surface area contributed by atoms with Crippen molar-refractivity contribution in [3.63, 3.8) is 0 Å². The Kier molecular flexibility index (Phi) is 3.73. The molecule has 0 aliphatic carbocycles. The van der Waals surface area contributed by atoms with Gasteiger partial charge in [0.2, 0.25) is 11.8 Å². The number of halogens is 3. The van der Waals surface area contributed by atoms with Crippen molar-refractivity contribution < 1.29 is 27.6 Å². The quantitative estimate of drug-likeness (QED) is 0.619. The highest BCUT2D eigenvalue weighted by molar-refractivity contribution is 6.03. The molecule has 0 bridgehead atoms. The molecule has 0 saturated carbocycles. The summed E-state index contributed by atoms with van der Waals surface area (Å²) in [5.74, 6) is -6.77. The van der Waals surface area contributed by atoms with Crippen LogP contribution in [0.4, 0.5) is 13.2 Å². The van der Waals surface area contributed by atoms with Crippen LogP contribution in [0.3, 0.4) is 0 Å². The average Bonchev–Trinajstić information content (AvgIpc) is 2.38. The van der Waals surface area contributed by atoms with E-state index in [9.17, 15) is 27.6 Å². The van der Waals surface area contributed by atoms with Crippen LogP contribution in [0.15, 0.2) is 12.1 Å². The van der Waals surface area contributed by atoms with Crippen molar-refractivity contribution in [3.05, 3.63) is 35.1 Å². The minimum Gasteiger partial charge on any atom is -0.340 e. The Hall–Kier alpha value is -2.38. The number of benzene rings is 1. The summed E-state index contributed by atoms with van der Waals surface area (Å²) in [7, 11) is 0. The van der Waals surface area contributed by atoms with Gasteiger partial charge in [0.05, 0.1) is 0 Å². The lowest BCUT2D eigenvalue weighted by Gasteiger charge is -2.21. The van der Waals surface area contributed by atoms with Crippen LogP contribution in [0, 0.1) is 17.5 Å². The second-order valence-corrected chi connectivity index (χ2v) is 4.23. The maximum atomic E-state index is 13.0. The summed E-state index contributed by atoms with van der Waals surface area (Å²) in [5, 5.41) is 4.24. The second-order valence-electron chi connectivity index (χ2n) is 4.23. The first-order chi connectivity index (χ1) is 9.38. The van der Waals surface area contributed by atoms with Gasteiger partial charge in [-0.15, -0.1) is 0 Å². The van der Waals surface area contributed by atoms with Gasteiger partial charge in [-0.1, -0.05) is 0 Å². The van der Waals surface area contributed by atoms with E-state index in [1.54, 1.807) is 0 Å². The highest BCUT2D eigenvalue weighted by atomic mass is 19.2. The molecule has 20 heavy (non-hydrogen) atoms. The molecule has 1 unspecified atom stereocenters. The molecule has 2 N–H and O–H groups in total. The van der Waals surface area contributed by atoms with E-state index in [0.717, 1.165) is 0 Å². The van der Waals surface area contributed by atoms with Crippen LogP contribution in [-0.2, 0) is 9.59 Å². The molecular formula is C12H9F3N2O3. The molecule has 1 atom stereocenters. The maximum Gasteiger partial charge on any atom is 0.252 e. The summed E-state index contributed by atoms with van der Waals surface area (Å²) < 4.78 is 38.7. The summed E-state index contributed by atoms with van der Waals surface area (Å²) in [4.78, 5) is 34.0. The monoisotopic (exact) mass is 286 g/mol. The predicted octanol–water partition coefficient (Wildman–Crippen LogP) is 0.639. The molecule has 1 aromatic carbocycles. The average molecular weight is 286 g/mol. The number of piperidine rings is 1. The number of hydrogen-bond acceptors (Lipinski definition) is 3. The van der Waals surface area contributed by atoms with Crippen molar-refractivity contribution in [1.29, 1.82) is 0 Å². The molecule has 8 heteroatoms. The van der Waals surface area contributed by atoms with Gasteiger partial charge in [-0.05, 0) is 18.6 Å². The number of carbonyl (C=O) groups excluding carboxylic acids is 3. The van der Waals surface area contributed by atoms with Crippen molar-refractivity contribution in [2.75, 3.05) is 0 Å². The van der Waals surface area contributed by atoms with Crippen LogP contribution in [0.25, 0.3) is 0 Å². The van der Waals surface area contributed by atoms with Crippen molar-refractivity contribution in [2.45, 2.75) is 18.9 Å². The summed E-state index contributed by atoms with van der Waals surface area (Å²) in [6, 6.07) is 0.0792. The lowest BCUT2D eigenvalue weighted by molar-refractivity contribution is -0.134. The van der Waals surface area contributed by atoms with Gasteiger partial charge < -0.3 is 5.32 Å². The Labute approximate surface area is 111 Å². The van der Waals surface area contributed by atoms with Gasteiger partial charge in [-0.2, -0.15) is 0 Å². The van der Waals surface area contributed by atoms with Crippen molar-refractivity contribution in [1.82, 2.24) is 10.6 Å². The first-order valence-corrected chi connectivity index (χ1v) is 5.67. The summed E-state index contributed by atoms with van der Waals surface area (Å²) in [6.07, 6.45) is 0.130. The third-order valence-electron chi connectivity index (χ3n) is 2.79. The summed E-state index contributed by atoms with van der Waals surface area (Å²) >= 11 is 0. The minimum atomic E-state index is -1.68. The topological polar surface area (TPSA) is 75.3 Å². The Bertz CT molecular complexity index is 581. The fraction of sp³-hybridized carbons (Fsp3) is 0.250. The van der Waals surface area contributed by atoms with E-state index in [1.807, 2.05) is 5.32 Å². The van der Waals surface area contributed by atoms with E-state index in [2.05, 4.69) is 5.32 Å². The number of hydrogen-bond donors (Lipinski definition) is 2. The zero-order valence-electron chi connectivity index (χ0n) is 10.0. The number of carbonyl (C=O) groups is 3.